The number of carbonyl (C=O) groups is 2. The summed E-state index contributed by atoms with van der Waals surface area (Å²) in [5, 5.41) is 9.31. The van der Waals surface area contributed by atoms with Gasteiger partial charge < -0.3 is 5.11 Å². The fourth-order valence-corrected chi connectivity index (χ4v) is 5.92. The van der Waals surface area contributed by atoms with E-state index >= 15 is 0 Å². The SMILES string of the molecule is C.C.C[C@H]1C[C@@H]2C[C@@H]2[C@@H]1O.C[C@H]1C[C@@H]2C[C@@H]2[C@H]1N1C(=O)c2ccccc2C1=O. The first-order chi connectivity index (χ1) is 12.5. The summed E-state index contributed by atoms with van der Waals surface area (Å²) in [7, 11) is 0. The maximum atomic E-state index is 12.4. The number of hydrogen-bond donors (Lipinski definition) is 1. The summed E-state index contributed by atoms with van der Waals surface area (Å²) in [4.78, 5) is 26.4. The molecular weight excluding hydrogens is 350 g/mol. The van der Waals surface area contributed by atoms with Crippen LogP contribution in [0.3, 0.4) is 0 Å². The van der Waals surface area contributed by atoms with Crippen LogP contribution in [0.25, 0.3) is 0 Å². The van der Waals surface area contributed by atoms with E-state index in [9.17, 15) is 14.7 Å². The molecule has 154 valence electrons. The minimum absolute atomic E-state index is 0. The number of imide groups is 1. The van der Waals surface area contributed by atoms with Crippen molar-refractivity contribution in [2.45, 2.75) is 66.5 Å². The lowest BCUT2D eigenvalue weighted by atomic mass is 9.99. The van der Waals surface area contributed by atoms with E-state index in [1.807, 2.05) is 12.1 Å². The first-order valence-electron chi connectivity index (χ1n) is 10.1. The van der Waals surface area contributed by atoms with Gasteiger partial charge in [-0.25, -0.2) is 0 Å². The molecule has 0 bridgehead atoms. The molecule has 6 rings (SSSR count). The molecular formula is C24H35NO3. The predicted molar refractivity (Wildman–Crippen MR) is 111 cm³/mol. The van der Waals surface area contributed by atoms with Gasteiger partial charge in [-0.3, -0.25) is 14.5 Å². The largest absolute Gasteiger partial charge is 0.393 e. The van der Waals surface area contributed by atoms with Crippen molar-refractivity contribution in [1.82, 2.24) is 4.90 Å². The lowest BCUT2D eigenvalue weighted by molar-refractivity contribution is 0.0530. The third-order valence-electron chi connectivity index (χ3n) is 7.47. The van der Waals surface area contributed by atoms with Gasteiger partial charge in [-0.05, 0) is 73.3 Å². The lowest BCUT2D eigenvalue weighted by Crippen LogP contribution is -2.43. The second kappa shape index (κ2) is 7.29. The van der Waals surface area contributed by atoms with E-state index in [-0.39, 0.29) is 38.8 Å². The fraction of sp³-hybridized carbons (Fsp3) is 0.667. The van der Waals surface area contributed by atoms with Gasteiger partial charge in [-0.2, -0.15) is 0 Å². The van der Waals surface area contributed by atoms with E-state index in [0.29, 0.717) is 34.8 Å². The van der Waals surface area contributed by atoms with Gasteiger partial charge in [-0.1, -0.05) is 40.8 Å². The van der Waals surface area contributed by atoms with Crippen molar-refractivity contribution in [3.8, 4) is 0 Å². The van der Waals surface area contributed by atoms with E-state index in [1.54, 1.807) is 17.0 Å². The second-order valence-corrected chi connectivity index (χ2v) is 9.25. The number of aliphatic hydroxyl groups is 1. The van der Waals surface area contributed by atoms with Crippen LogP contribution in [0.2, 0.25) is 0 Å². The average Bonchev–Trinajstić information content (AvgIpc) is 3.50. The number of nitrogens with zero attached hydrogens (tertiary/aromatic N) is 1. The van der Waals surface area contributed by atoms with Crippen molar-refractivity contribution in [1.29, 1.82) is 0 Å². The van der Waals surface area contributed by atoms with Gasteiger partial charge >= 0.3 is 0 Å². The Kier molecular flexibility index (Phi) is 5.48. The Hall–Kier alpha value is -1.68. The quantitative estimate of drug-likeness (QED) is 0.718. The summed E-state index contributed by atoms with van der Waals surface area (Å²) in [5.74, 6) is 3.84. The highest BCUT2D eigenvalue weighted by Crippen LogP contribution is 2.57. The van der Waals surface area contributed by atoms with Gasteiger partial charge in [-0.15, -0.1) is 0 Å². The zero-order chi connectivity index (χ0) is 18.2. The monoisotopic (exact) mass is 385 g/mol. The van der Waals surface area contributed by atoms with Crippen molar-refractivity contribution in [2.75, 3.05) is 0 Å². The molecule has 1 aliphatic heterocycles. The molecule has 28 heavy (non-hydrogen) atoms. The zero-order valence-electron chi connectivity index (χ0n) is 15.5. The predicted octanol–water partition coefficient (Wildman–Crippen LogP) is 4.62. The Labute approximate surface area is 169 Å². The van der Waals surface area contributed by atoms with Crippen LogP contribution in [-0.2, 0) is 0 Å². The van der Waals surface area contributed by atoms with Crippen LogP contribution in [0.5, 0.6) is 0 Å². The van der Waals surface area contributed by atoms with Crippen molar-refractivity contribution < 1.29 is 14.7 Å². The molecule has 2 amide bonds. The van der Waals surface area contributed by atoms with Crippen LogP contribution in [0, 0.1) is 35.5 Å². The summed E-state index contributed by atoms with van der Waals surface area (Å²) in [6.45, 7) is 4.32. The van der Waals surface area contributed by atoms with Crippen LogP contribution >= 0.6 is 0 Å². The van der Waals surface area contributed by atoms with E-state index < -0.39 is 0 Å². The first kappa shape index (κ1) is 21.0. The number of carbonyl (C=O) groups excluding carboxylic acids is 2. The van der Waals surface area contributed by atoms with Gasteiger partial charge in [0.15, 0.2) is 0 Å². The Morgan fingerprint density at radius 3 is 1.71 bits per heavy atom. The topological polar surface area (TPSA) is 57.6 Å². The summed E-state index contributed by atoms with van der Waals surface area (Å²) >= 11 is 0. The molecule has 0 radical (unpaired) electrons. The van der Waals surface area contributed by atoms with Crippen LogP contribution in [0.4, 0.5) is 0 Å². The molecule has 4 saturated carbocycles. The molecule has 0 unspecified atom stereocenters. The van der Waals surface area contributed by atoms with Crippen LogP contribution < -0.4 is 0 Å². The third-order valence-corrected chi connectivity index (χ3v) is 7.47. The standard InChI is InChI=1S/C15H15NO2.C7H12O.2CH4/c1-8-6-9-7-12(9)13(8)16-14(17)10-4-2-3-5-11(10)15(16)18;1-4-2-5-3-6(5)7(4)8;;/h2-5,8-9,12-13H,6-7H2,1H3;4-8H,2-3H2,1H3;2*1H4/t8-,9+,12-,13-;4-,5+,6-,7+;;/m00../s1. The van der Waals surface area contributed by atoms with Crippen LogP contribution in [0.15, 0.2) is 24.3 Å². The van der Waals surface area contributed by atoms with E-state index in [1.165, 1.54) is 25.7 Å². The molecule has 1 N–H and O–H groups in total. The Morgan fingerprint density at radius 2 is 1.32 bits per heavy atom. The van der Waals surface area contributed by atoms with Gasteiger partial charge in [0.05, 0.1) is 17.2 Å². The molecule has 0 saturated heterocycles. The molecule has 4 aliphatic carbocycles. The fourth-order valence-electron chi connectivity index (χ4n) is 5.92. The minimum Gasteiger partial charge on any atom is -0.393 e. The van der Waals surface area contributed by atoms with Gasteiger partial charge in [0.1, 0.15) is 0 Å². The maximum Gasteiger partial charge on any atom is 0.261 e. The molecule has 4 heteroatoms. The van der Waals surface area contributed by atoms with E-state index in [4.69, 9.17) is 0 Å². The summed E-state index contributed by atoms with van der Waals surface area (Å²) in [6.07, 6.45) is 5.02. The number of fused-ring (bicyclic) bond motifs is 3. The zero-order valence-corrected chi connectivity index (χ0v) is 15.5. The highest BCUT2D eigenvalue weighted by atomic mass is 16.3. The molecule has 0 spiro atoms. The van der Waals surface area contributed by atoms with Gasteiger partial charge in [0.25, 0.3) is 11.8 Å². The highest BCUT2D eigenvalue weighted by molar-refractivity contribution is 6.21. The second-order valence-electron chi connectivity index (χ2n) is 9.25. The Bertz CT molecular complexity index is 736. The third kappa shape index (κ3) is 3.10. The smallest absolute Gasteiger partial charge is 0.261 e. The van der Waals surface area contributed by atoms with Crippen molar-refractivity contribution in [2.24, 2.45) is 35.5 Å². The molecule has 8 atom stereocenters. The van der Waals surface area contributed by atoms with Gasteiger partial charge in [0.2, 0.25) is 0 Å². The molecule has 0 aromatic heterocycles. The van der Waals surface area contributed by atoms with E-state index in [0.717, 1.165) is 11.8 Å². The van der Waals surface area contributed by atoms with E-state index in [2.05, 4.69) is 13.8 Å². The average molecular weight is 386 g/mol. The molecule has 5 aliphatic rings. The molecule has 4 nitrogen and oxygen atoms in total. The number of aliphatic hydroxyl groups excluding tert-OH is 1. The Balaban J connectivity index is 0.000000191. The Morgan fingerprint density at radius 1 is 0.821 bits per heavy atom. The summed E-state index contributed by atoms with van der Waals surface area (Å²) in [5.41, 5.74) is 1.16. The maximum absolute atomic E-state index is 12.4. The van der Waals surface area contributed by atoms with Gasteiger partial charge in [0, 0.05) is 6.04 Å². The number of rotatable bonds is 1. The number of hydrogen-bond acceptors (Lipinski definition) is 3. The first-order valence-corrected chi connectivity index (χ1v) is 10.1. The highest BCUT2D eigenvalue weighted by Gasteiger charge is 2.57. The summed E-state index contributed by atoms with van der Waals surface area (Å²) in [6, 6.07) is 7.32. The number of benzene rings is 1. The molecule has 1 heterocycles. The normalized spacial score (nSPS) is 41.0. The van der Waals surface area contributed by atoms with Crippen LogP contribution in [-0.4, -0.2) is 34.0 Å². The molecule has 1 aromatic carbocycles. The molecule has 4 fully saturated rings. The molecule has 1 aromatic rings. The number of amides is 2. The van der Waals surface area contributed by atoms with Crippen LogP contribution in [0.1, 0.15) is 75.1 Å². The minimum atomic E-state index is -0.0833. The summed E-state index contributed by atoms with van der Waals surface area (Å²) < 4.78 is 0. The lowest BCUT2D eigenvalue weighted by Gasteiger charge is -2.27. The van der Waals surface area contributed by atoms with Crippen molar-refractivity contribution in [3.05, 3.63) is 35.4 Å². The van der Waals surface area contributed by atoms with Crippen molar-refractivity contribution in [3.63, 3.8) is 0 Å². The van der Waals surface area contributed by atoms with Crippen molar-refractivity contribution >= 4 is 11.8 Å².